The number of nitrogens with zero attached hydrogens (tertiary/aromatic N) is 2. The lowest BCUT2D eigenvalue weighted by atomic mass is 10.2. The third-order valence-electron chi connectivity index (χ3n) is 3.09. The zero-order valence-electron chi connectivity index (χ0n) is 12.5. The monoisotopic (exact) mass is 265 g/mol. The van der Waals surface area contributed by atoms with Gasteiger partial charge in [-0.3, -0.25) is 0 Å². The van der Waals surface area contributed by atoms with Crippen LogP contribution in [0.2, 0.25) is 0 Å². The summed E-state index contributed by atoms with van der Waals surface area (Å²) in [4.78, 5) is 8.52. The maximum atomic E-state index is 5.80. The first-order valence-corrected chi connectivity index (χ1v) is 7.53. The molecule has 19 heavy (non-hydrogen) atoms. The van der Waals surface area contributed by atoms with Gasteiger partial charge >= 0.3 is 0 Å². The maximum absolute atomic E-state index is 5.80. The van der Waals surface area contributed by atoms with Crippen molar-refractivity contribution in [2.75, 3.05) is 18.5 Å². The largest absolute Gasteiger partial charge is 0.477 e. The molecule has 0 aliphatic heterocycles. The van der Waals surface area contributed by atoms with Gasteiger partial charge in [0.1, 0.15) is 12.1 Å². The van der Waals surface area contributed by atoms with Gasteiger partial charge in [-0.05, 0) is 19.8 Å². The Bertz CT molecular complexity index is 355. The van der Waals surface area contributed by atoms with E-state index in [4.69, 9.17) is 4.74 Å². The molecule has 0 aliphatic carbocycles. The van der Waals surface area contributed by atoms with Crippen LogP contribution in [0.3, 0.4) is 0 Å². The minimum absolute atomic E-state index is 0.740. The molecule has 0 unspecified atom stereocenters. The molecule has 0 atom stereocenters. The van der Waals surface area contributed by atoms with Gasteiger partial charge in [-0.25, -0.2) is 9.97 Å². The Hall–Kier alpha value is -1.32. The van der Waals surface area contributed by atoms with Crippen LogP contribution in [-0.2, 0) is 6.42 Å². The first-order valence-electron chi connectivity index (χ1n) is 7.53. The summed E-state index contributed by atoms with van der Waals surface area (Å²) in [6, 6.07) is 0. The summed E-state index contributed by atoms with van der Waals surface area (Å²) in [7, 11) is 0. The van der Waals surface area contributed by atoms with Gasteiger partial charge in [0.15, 0.2) is 0 Å². The number of aromatic nitrogens is 2. The molecular weight excluding hydrogens is 238 g/mol. The molecule has 1 aromatic rings. The second kappa shape index (κ2) is 9.59. The zero-order chi connectivity index (χ0) is 13.9. The number of hydrogen-bond donors (Lipinski definition) is 1. The van der Waals surface area contributed by atoms with Crippen LogP contribution >= 0.6 is 0 Å². The highest BCUT2D eigenvalue weighted by Gasteiger charge is 2.09. The molecule has 4 heteroatoms. The van der Waals surface area contributed by atoms with E-state index in [2.05, 4.69) is 36.1 Å². The SMILES string of the molecule is CCCCCCCOc1ncnc(NCC)c1CC. The minimum atomic E-state index is 0.740. The average molecular weight is 265 g/mol. The topological polar surface area (TPSA) is 47.0 Å². The van der Waals surface area contributed by atoms with Crippen molar-refractivity contribution in [1.29, 1.82) is 0 Å². The van der Waals surface area contributed by atoms with E-state index in [1.165, 1.54) is 25.7 Å². The standard InChI is InChI=1S/C15H27N3O/c1-4-7-8-9-10-11-19-15-13(5-2)14(16-6-3)17-12-18-15/h12H,4-11H2,1-3H3,(H,16,17,18). The second-order valence-corrected chi connectivity index (χ2v) is 4.65. The Kier molecular flexibility index (Phi) is 7.94. The molecule has 1 N–H and O–H groups in total. The predicted octanol–water partition coefficient (Wildman–Crippen LogP) is 3.82. The molecule has 0 aromatic carbocycles. The van der Waals surface area contributed by atoms with Crippen LogP contribution in [-0.4, -0.2) is 23.1 Å². The van der Waals surface area contributed by atoms with E-state index in [0.717, 1.165) is 43.3 Å². The van der Waals surface area contributed by atoms with E-state index in [9.17, 15) is 0 Å². The fraction of sp³-hybridized carbons (Fsp3) is 0.733. The van der Waals surface area contributed by atoms with Crippen molar-refractivity contribution in [3.63, 3.8) is 0 Å². The lowest BCUT2D eigenvalue weighted by molar-refractivity contribution is 0.290. The van der Waals surface area contributed by atoms with Gasteiger partial charge in [0.2, 0.25) is 5.88 Å². The van der Waals surface area contributed by atoms with Gasteiger partial charge in [-0.2, -0.15) is 0 Å². The Morgan fingerprint density at radius 2 is 1.84 bits per heavy atom. The fourth-order valence-corrected chi connectivity index (χ4v) is 2.03. The van der Waals surface area contributed by atoms with Crippen LogP contribution in [0.25, 0.3) is 0 Å². The van der Waals surface area contributed by atoms with E-state index in [1.807, 2.05) is 0 Å². The number of hydrogen-bond acceptors (Lipinski definition) is 4. The molecule has 1 heterocycles. The molecule has 1 rings (SSSR count). The first-order chi connectivity index (χ1) is 9.33. The number of nitrogens with one attached hydrogen (secondary N) is 1. The number of ether oxygens (including phenoxy) is 1. The van der Waals surface area contributed by atoms with Crippen molar-refractivity contribution < 1.29 is 4.74 Å². The van der Waals surface area contributed by atoms with E-state index >= 15 is 0 Å². The smallest absolute Gasteiger partial charge is 0.221 e. The van der Waals surface area contributed by atoms with Crippen molar-refractivity contribution in [3.05, 3.63) is 11.9 Å². The summed E-state index contributed by atoms with van der Waals surface area (Å²) in [5, 5.41) is 3.25. The average Bonchev–Trinajstić information content (AvgIpc) is 2.43. The van der Waals surface area contributed by atoms with Crippen molar-refractivity contribution in [2.45, 2.75) is 59.3 Å². The first kappa shape index (κ1) is 15.7. The lowest BCUT2D eigenvalue weighted by Crippen LogP contribution is -2.08. The normalized spacial score (nSPS) is 10.5. The Morgan fingerprint density at radius 1 is 1.05 bits per heavy atom. The molecule has 1 aromatic heterocycles. The van der Waals surface area contributed by atoms with Gasteiger partial charge in [0.05, 0.1) is 12.2 Å². The minimum Gasteiger partial charge on any atom is -0.477 e. The van der Waals surface area contributed by atoms with Crippen molar-refractivity contribution in [2.24, 2.45) is 0 Å². The van der Waals surface area contributed by atoms with Crippen LogP contribution in [0.15, 0.2) is 6.33 Å². The molecule has 4 nitrogen and oxygen atoms in total. The van der Waals surface area contributed by atoms with Crippen LogP contribution in [0.5, 0.6) is 5.88 Å². The number of rotatable bonds is 10. The molecule has 0 amide bonds. The highest BCUT2D eigenvalue weighted by molar-refractivity contribution is 5.48. The number of unbranched alkanes of at least 4 members (excludes halogenated alkanes) is 4. The van der Waals surface area contributed by atoms with Gasteiger partial charge in [-0.1, -0.05) is 39.5 Å². The summed E-state index contributed by atoms with van der Waals surface area (Å²) >= 11 is 0. The Labute approximate surface area is 117 Å². The highest BCUT2D eigenvalue weighted by Crippen LogP contribution is 2.22. The summed E-state index contributed by atoms with van der Waals surface area (Å²) in [6.45, 7) is 8.01. The summed E-state index contributed by atoms with van der Waals surface area (Å²) in [5.41, 5.74) is 1.08. The molecule has 0 fully saturated rings. The Morgan fingerprint density at radius 3 is 2.53 bits per heavy atom. The molecule has 0 aliphatic rings. The number of anilines is 1. The van der Waals surface area contributed by atoms with Crippen molar-refractivity contribution >= 4 is 5.82 Å². The van der Waals surface area contributed by atoms with Crippen molar-refractivity contribution in [1.82, 2.24) is 9.97 Å². The van der Waals surface area contributed by atoms with E-state index < -0.39 is 0 Å². The quantitative estimate of drug-likeness (QED) is 0.653. The van der Waals surface area contributed by atoms with E-state index in [1.54, 1.807) is 6.33 Å². The van der Waals surface area contributed by atoms with Gasteiger partial charge in [-0.15, -0.1) is 0 Å². The third kappa shape index (κ3) is 5.45. The second-order valence-electron chi connectivity index (χ2n) is 4.65. The molecule has 0 spiro atoms. The zero-order valence-corrected chi connectivity index (χ0v) is 12.5. The third-order valence-corrected chi connectivity index (χ3v) is 3.09. The summed E-state index contributed by atoms with van der Waals surface area (Å²) in [5.74, 6) is 1.64. The van der Waals surface area contributed by atoms with Crippen LogP contribution < -0.4 is 10.1 Å². The molecule has 0 saturated heterocycles. The molecule has 0 radical (unpaired) electrons. The van der Waals surface area contributed by atoms with Gasteiger partial charge in [0, 0.05) is 6.54 Å². The molecular formula is C15H27N3O. The van der Waals surface area contributed by atoms with Gasteiger partial charge in [0.25, 0.3) is 0 Å². The van der Waals surface area contributed by atoms with Gasteiger partial charge < -0.3 is 10.1 Å². The maximum Gasteiger partial charge on any atom is 0.221 e. The summed E-state index contributed by atoms with van der Waals surface area (Å²) in [6.07, 6.45) is 8.69. The lowest BCUT2D eigenvalue weighted by Gasteiger charge is -2.12. The van der Waals surface area contributed by atoms with Crippen LogP contribution in [0.1, 0.15) is 58.4 Å². The van der Waals surface area contributed by atoms with Crippen LogP contribution in [0, 0.1) is 0 Å². The summed E-state index contributed by atoms with van der Waals surface area (Å²) < 4.78 is 5.80. The van der Waals surface area contributed by atoms with Crippen molar-refractivity contribution in [3.8, 4) is 5.88 Å². The molecule has 0 bridgehead atoms. The predicted molar refractivity (Wildman–Crippen MR) is 79.8 cm³/mol. The van der Waals surface area contributed by atoms with Crippen LogP contribution in [0.4, 0.5) is 5.82 Å². The molecule has 0 saturated carbocycles. The Balaban J connectivity index is 2.46. The molecule has 108 valence electrons. The fourth-order valence-electron chi connectivity index (χ4n) is 2.03. The van der Waals surface area contributed by atoms with E-state index in [-0.39, 0.29) is 0 Å². The van der Waals surface area contributed by atoms with E-state index in [0.29, 0.717) is 0 Å². The highest BCUT2D eigenvalue weighted by atomic mass is 16.5.